The Kier molecular flexibility index (Phi) is 7.32. The van der Waals surface area contributed by atoms with E-state index in [1.54, 1.807) is 0 Å². The molecule has 0 aromatic carbocycles. The van der Waals surface area contributed by atoms with Crippen LogP contribution in [-0.2, 0) is 4.74 Å². The van der Waals surface area contributed by atoms with Crippen LogP contribution < -0.4 is 0 Å². The second-order valence-electron chi connectivity index (χ2n) is 13.2. The second-order valence-corrected chi connectivity index (χ2v) is 13.2. The Morgan fingerprint density at radius 3 is 2.39 bits per heavy atom. The van der Waals surface area contributed by atoms with E-state index in [-0.39, 0.29) is 0 Å². The molecule has 0 bridgehead atoms. The summed E-state index contributed by atoms with van der Waals surface area (Å²) >= 11 is 0. The van der Waals surface area contributed by atoms with Gasteiger partial charge in [-0.15, -0.1) is 6.58 Å². The fraction of sp³-hybridized carbons (Fsp3) is 0.933. The van der Waals surface area contributed by atoms with Gasteiger partial charge in [-0.1, -0.05) is 60.0 Å². The molecule has 4 saturated carbocycles. The molecule has 0 unspecified atom stereocenters. The number of hydrogen-bond acceptors (Lipinski definition) is 1. The van der Waals surface area contributed by atoms with Gasteiger partial charge >= 0.3 is 0 Å². The standard InChI is InChI=1S/C30H52O/c1-7-19-31-24-15-17-29(5)23(20-24)11-12-25-27-14-13-26(22(4)10-8-9-21(2)3)30(27,6)18-16-28(25)29/h7,21-28H,1,8-20H2,2-6H3/t22-,23+,24+,25+,26-,27+,28+,29+,30-/m1/s1. The van der Waals surface area contributed by atoms with Gasteiger partial charge in [0.25, 0.3) is 0 Å². The van der Waals surface area contributed by atoms with Gasteiger partial charge in [0.1, 0.15) is 0 Å². The third-order valence-corrected chi connectivity index (χ3v) is 11.3. The van der Waals surface area contributed by atoms with E-state index in [9.17, 15) is 0 Å². The highest BCUT2D eigenvalue weighted by Crippen LogP contribution is 2.68. The van der Waals surface area contributed by atoms with Gasteiger partial charge in [-0.25, -0.2) is 0 Å². The Morgan fingerprint density at radius 2 is 1.65 bits per heavy atom. The van der Waals surface area contributed by atoms with E-state index in [1.807, 2.05) is 6.08 Å². The number of rotatable bonds is 8. The average Bonchev–Trinajstić information content (AvgIpc) is 3.09. The molecule has 0 amide bonds. The normalized spacial score (nSPS) is 45.6. The van der Waals surface area contributed by atoms with Crippen LogP contribution in [0.2, 0.25) is 0 Å². The zero-order valence-electron chi connectivity index (χ0n) is 21.5. The van der Waals surface area contributed by atoms with Gasteiger partial charge in [0.05, 0.1) is 12.7 Å². The lowest BCUT2D eigenvalue weighted by Crippen LogP contribution is -2.54. The topological polar surface area (TPSA) is 9.23 Å². The first-order valence-corrected chi connectivity index (χ1v) is 14.0. The van der Waals surface area contributed by atoms with Gasteiger partial charge < -0.3 is 4.74 Å². The Balaban J connectivity index is 1.42. The van der Waals surface area contributed by atoms with Crippen molar-refractivity contribution in [2.24, 2.45) is 52.3 Å². The molecule has 4 aliphatic rings. The van der Waals surface area contributed by atoms with E-state index in [1.165, 1.54) is 77.0 Å². The predicted octanol–water partition coefficient (Wildman–Crippen LogP) is 8.68. The summed E-state index contributed by atoms with van der Waals surface area (Å²) in [6.45, 7) is 17.4. The van der Waals surface area contributed by atoms with Gasteiger partial charge in [0, 0.05) is 0 Å². The second kappa shape index (κ2) is 9.52. The van der Waals surface area contributed by atoms with Crippen molar-refractivity contribution in [2.45, 2.75) is 118 Å². The largest absolute Gasteiger partial charge is 0.374 e. The van der Waals surface area contributed by atoms with E-state index in [0.29, 0.717) is 16.9 Å². The van der Waals surface area contributed by atoms with E-state index >= 15 is 0 Å². The summed E-state index contributed by atoms with van der Waals surface area (Å²) in [6.07, 6.45) is 19.8. The summed E-state index contributed by atoms with van der Waals surface area (Å²) in [5.74, 6) is 6.68. The predicted molar refractivity (Wildman–Crippen MR) is 133 cm³/mol. The van der Waals surface area contributed by atoms with E-state index < -0.39 is 0 Å². The summed E-state index contributed by atoms with van der Waals surface area (Å²) in [6, 6.07) is 0. The zero-order valence-corrected chi connectivity index (χ0v) is 21.5. The van der Waals surface area contributed by atoms with Crippen molar-refractivity contribution in [2.75, 3.05) is 6.61 Å². The molecule has 31 heavy (non-hydrogen) atoms. The highest BCUT2D eigenvalue weighted by molar-refractivity contribution is 5.09. The van der Waals surface area contributed by atoms with Crippen LogP contribution in [0.5, 0.6) is 0 Å². The Morgan fingerprint density at radius 1 is 0.903 bits per heavy atom. The minimum absolute atomic E-state index is 0.490. The molecule has 0 aromatic rings. The third kappa shape index (κ3) is 4.43. The lowest BCUT2D eigenvalue weighted by Gasteiger charge is -2.61. The molecule has 0 spiro atoms. The maximum absolute atomic E-state index is 6.12. The molecule has 0 N–H and O–H groups in total. The minimum atomic E-state index is 0.490. The van der Waals surface area contributed by atoms with Gasteiger partial charge in [-0.3, -0.25) is 0 Å². The quantitative estimate of drug-likeness (QED) is 0.351. The lowest BCUT2D eigenvalue weighted by molar-refractivity contribution is -0.135. The van der Waals surface area contributed by atoms with Gasteiger partial charge in [0.15, 0.2) is 0 Å². The van der Waals surface area contributed by atoms with Crippen LogP contribution in [0.3, 0.4) is 0 Å². The number of fused-ring (bicyclic) bond motifs is 5. The Hall–Kier alpha value is -0.300. The molecule has 0 saturated heterocycles. The fourth-order valence-electron chi connectivity index (χ4n) is 9.60. The molecule has 0 aliphatic heterocycles. The molecule has 0 radical (unpaired) electrons. The molecule has 1 nitrogen and oxygen atoms in total. The third-order valence-electron chi connectivity index (χ3n) is 11.3. The molecule has 4 rings (SSSR count). The van der Waals surface area contributed by atoms with E-state index in [0.717, 1.165) is 48.0 Å². The molecule has 1 heteroatoms. The fourth-order valence-corrected chi connectivity index (χ4v) is 9.60. The summed E-state index contributed by atoms with van der Waals surface area (Å²) < 4.78 is 6.12. The molecule has 9 atom stereocenters. The van der Waals surface area contributed by atoms with Crippen molar-refractivity contribution in [3.05, 3.63) is 12.7 Å². The van der Waals surface area contributed by atoms with Crippen molar-refractivity contribution in [3.63, 3.8) is 0 Å². The number of hydrogen-bond donors (Lipinski definition) is 0. The van der Waals surface area contributed by atoms with Crippen molar-refractivity contribution in [3.8, 4) is 0 Å². The highest BCUT2D eigenvalue weighted by Gasteiger charge is 2.60. The Labute approximate surface area is 194 Å². The molecular formula is C30H52O. The Bertz CT molecular complexity index is 610. The summed E-state index contributed by atoms with van der Waals surface area (Å²) in [5.41, 5.74) is 1.21. The number of ether oxygens (including phenoxy) is 1. The smallest absolute Gasteiger partial charge is 0.0648 e. The van der Waals surface area contributed by atoms with Gasteiger partial charge in [-0.2, -0.15) is 0 Å². The molecule has 0 aromatic heterocycles. The molecule has 0 heterocycles. The summed E-state index contributed by atoms with van der Waals surface area (Å²) in [5, 5.41) is 0. The molecular weight excluding hydrogens is 376 g/mol. The van der Waals surface area contributed by atoms with Crippen LogP contribution in [0.25, 0.3) is 0 Å². The zero-order chi connectivity index (χ0) is 22.2. The summed E-state index contributed by atoms with van der Waals surface area (Å²) in [7, 11) is 0. The maximum Gasteiger partial charge on any atom is 0.0648 e. The van der Waals surface area contributed by atoms with Crippen LogP contribution >= 0.6 is 0 Å². The van der Waals surface area contributed by atoms with Crippen LogP contribution in [0.1, 0.15) is 112 Å². The first-order valence-electron chi connectivity index (χ1n) is 14.0. The van der Waals surface area contributed by atoms with Crippen LogP contribution in [0.4, 0.5) is 0 Å². The maximum atomic E-state index is 6.12. The van der Waals surface area contributed by atoms with Crippen LogP contribution in [-0.4, -0.2) is 12.7 Å². The lowest BCUT2D eigenvalue weighted by atomic mass is 9.44. The SMILES string of the molecule is C=CCO[C@H]1CC[C@@]2(C)[C@@H](CC[C@@H]3[C@@H]2CC[C@]2(C)[C@@H]([C@H](C)CCCC(C)C)CC[C@@H]32)C1. The van der Waals surface area contributed by atoms with Gasteiger partial charge in [-0.05, 0) is 110 Å². The van der Waals surface area contributed by atoms with Crippen LogP contribution in [0.15, 0.2) is 12.7 Å². The summed E-state index contributed by atoms with van der Waals surface area (Å²) in [4.78, 5) is 0. The molecule has 4 fully saturated rings. The van der Waals surface area contributed by atoms with E-state index in [4.69, 9.17) is 4.74 Å². The monoisotopic (exact) mass is 428 g/mol. The molecule has 4 aliphatic carbocycles. The van der Waals surface area contributed by atoms with Crippen molar-refractivity contribution in [1.82, 2.24) is 0 Å². The minimum Gasteiger partial charge on any atom is -0.374 e. The van der Waals surface area contributed by atoms with Gasteiger partial charge in [0.2, 0.25) is 0 Å². The van der Waals surface area contributed by atoms with Crippen molar-refractivity contribution >= 4 is 0 Å². The van der Waals surface area contributed by atoms with Crippen LogP contribution in [0, 0.1) is 52.3 Å². The van der Waals surface area contributed by atoms with Crippen molar-refractivity contribution < 1.29 is 4.74 Å². The van der Waals surface area contributed by atoms with E-state index in [2.05, 4.69) is 41.2 Å². The van der Waals surface area contributed by atoms with Crippen molar-refractivity contribution in [1.29, 1.82) is 0 Å². The average molecular weight is 429 g/mol. The first-order chi connectivity index (χ1) is 14.8. The first kappa shape index (κ1) is 23.8. The molecule has 178 valence electrons. The highest BCUT2D eigenvalue weighted by atomic mass is 16.5.